The maximum Gasteiger partial charge on any atom is 0.274 e. The van der Waals surface area contributed by atoms with Crippen LogP contribution in [0.2, 0.25) is 5.02 Å². The van der Waals surface area contributed by atoms with E-state index in [1.807, 2.05) is 0 Å². The quantitative estimate of drug-likeness (QED) is 0.493. The Morgan fingerprint density at radius 3 is 2.52 bits per heavy atom. The summed E-state index contributed by atoms with van der Waals surface area (Å²) in [7, 11) is 1.49. The van der Waals surface area contributed by atoms with Crippen molar-refractivity contribution in [3.63, 3.8) is 0 Å². The second-order valence-electron chi connectivity index (χ2n) is 6.11. The van der Waals surface area contributed by atoms with Crippen LogP contribution in [0.25, 0.3) is 5.69 Å². The van der Waals surface area contributed by atoms with Crippen LogP contribution in [0.3, 0.4) is 0 Å². The molecule has 0 unspecified atom stereocenters. The van der Waals surface area contributed by atoms with Crippen LogP contribution >= 0.6 is 11.6 Å². The summed E-state index contributed by atoms with van der Waals surface area (Å²) in [6, 6.07) is 14.1. The Morgan fingerprint density at radius 2 is 1.86 bits per heavy atom. The van der Waals surface area contributed by atoms with E-state index in [2.05, 4.69) is 10.4 Å². The Labute approximate surface area is 170 Å². The van der Waals surface area contributed by atoms with Gasteiger partial charge in [-0.3, -0.25) is 19.7 Å². The van der Waals surface area contributed by atoms with Gasteiger partial charge < -0.3 is 10.2 Å². The topological polar surface area (TPSA) is 110 Å². The molecule has 1 heterocycles. The van der Waals surface area contributed by atoms with E-state index in [4.69, 9.17) is 11.6 Å². The van der Waals surface area contributed by atoms with Gasteiger partial charge in [-0.05, 0) is 30.3 Å². The molecule has 1 aromatic heterocycles. The van der Waals surface area contributed by atoms with Crippen LogP contribution in [0.4, 0.5) is 11.4 Å². The Kier molecular flexibility index (Phi) is 5.89. The fraction of sp³-hybridized carbons (Fsp3) is 0.105. The standard InChI is InChI=1S/C19H16ClN5O4/c1-23(12-18(26)21-16-5-3-2-4-15(16)20)19(27)17-10-11-24(22-17)13-6-8-14(9-7-13)25(28)29/h2-11H,12H2,1H3,(H,21,26). The minimum atomic E-state index is -0.496. The van der Waals surface area contributed by atoms with Crippen molar-refractivity contribution in [3.05, 3.63) is 81.6 Å². The first kappa shape index (κ1) is 20.0. The summed E-state index contributed by atoms with van der Waals surface area (Å²) in [6.45, 7) is -0.186. The molecule has 3 rings (SSSR count). The fourth-order valence-electron chi connectivity index (χ4n) is 2.54. The lowest BCUT2D eigenvalue weighted by atomic mass is 10.3. The van der Waals surface area contributed by atoms with Crippen LogP contribution in [-0.2, 0) is 4.79 Å². The number of amides is 2. The summed E-state index contributed by atoms with van der Waals surface area (Å²) in [6.07, 6.45) is 1.56. The predicted molar refractivity (Wildman–Crippen MR) is 107 cm³/mol. The van der Waals surface area contributed by atoms with Crippen LogP contribution in [0, 0.1) is 10.1 Å². The van der Waals surface area contributed by atoms with E-state index in [0.717, 1.165) is 0 Å². The molecule has 0 aliphatic rings. The van der Waals surface area contributed by atoms with Crippen molar-refractivity contribution in [1.29, 1.82) is 0 Å². The third-order valence-corrected chi connectivity index (χ3v) is 4.34. The highest BCUT2D eigenvalue weighted by Gasteiger charge is 2.18. The Hall–Kier alpha value is -3.72. The van der Waals surface area contributed by atoms with Gasteiger partial charge in [0.25, 0.3) is 11.6 Å². The summed E-state index contributed by atoms with van der Waals surface area (Å²) in [4.78, 5) is 36.2. The summed E-state index contributed by atoms with van der Waals surface area (Å²) < 4.78 is 1.43. The number of nitrogens with one attached hydrogen (secondary N) is 1. The van der Waals surface area contributed by atoms with E-state index in [0.29, 0.717) is 16.4 Å². The number of aromatic nitrogens is 2. The second kappa shape index (κ2) is 8.53. The first-order chi connectivity index (χ1) is 13.8. The van der Waals surface area contributed by atoms with Crippen molar-refractivity contribution >= 4 is 34.8 Å². The van der Waals surface area contributed by atoms with Gasteiger partial charge in [0.1, 0.15) is 0 Å². The van der Waals surface area contributed by atoms with Crippen molar-refractivity contribution in [3.8, 4) is 5.69 Å². The molecule has 0 radical (unpaired) electrons. The molecule has 0 bridgehead atoms. The molecule has 2 aromatic carbocycles. The van der Waals surface area contributed by atoms with Gasteiger partial charge in [-0.15, -0.1) is 0 Å². The number of non-ortho nitro benzene ring substituents is 1. The average Bonchev–Trinajstić information content (AvgIpc) is 3.19. The van der Waals surface area contributed by atoms with Crippen molar-refractivity contribution in [2.24, 2.45) is 0 Å². The van der Waals surface area contributed by atoms with E-state index >= 15 is 0 Å². The lowest BCUT2D eigenvalue weighted by Crippen LogP contribution is -2.35. The van der Waals surface area contributed by atoms with E-state index < -0.39 is 16.7 Å². The maximum absolute atomic E-state index is 12.5. The first-order valence-corrected chi connectivity index (χ1v) is 8.83. The van der Waals surface area contributed by atoms with Crippen molar-refractivity contribution < 1.29 is 14.5 Å². The van der Waals surface area contributed by atoms with Gasteiger partial charge in [0.05, 0.1) is 27.9 Å². The fourth-order valence-corrected chi connectivity index (χ4v) is 2.73. The molecule has 0 saturated heterocycles. The van der Waals surface area contributed by atoms with Crippen LogP contribution in [0.15, 0.2) is 60.8 Å². The molecule has 1 N–H and O–H groups in total. The maximum atomic E-state index is 12.5. The number of nitrogens with zero attached hydrogens (tertiary/aromatic N) is 4. The number of nitro groups is 1. The number of hydrogen-bond acceptors (Lipinski definition) is 5. The monoisotopic (exact) mass is 413 g/mol. The number of hydrogen-bond donors (Lipinski definition) is 1. The third-order valence-electron chi connectivity index (χ3n) is 4.01. The third kappa shape index (κ3) is 4.77. The van der Waals surface area contributed by atoms with Crippen molar-refractivity contribution in [1.82, 2.24) is 14.7 Å². The summed E-state index contributed by atoms with van der Waals surface area (Å²) in [5, 5.41) is 18.0. The van der Waals surface area contributed by atoms with Crippen LogP contribution in [0.5, 0.6) is 0 Å². The number of halogens is 1. The normalized spacial score (nSPS) is 10.4. The molecular weight excluding hydrogens is 398 g/mol. The lowest BCUT2D eigenvalue weighted by molar-refractivity contribution is -0.384. The van der Waals surface area contributed by atoms with Gasteiger partial charge in [-0.1, -0.05) is 23.7 Å². The smallest absolute Gasteiger partial charge is 0.274 e. The number of para-hydroxylation sites is 1. The highest BCUT2D eigenvalue weighted by atomic mass is 35.5. The van der Waals surface area contributed by atoms with Crippen LogP contribution in [0.1, 0.15) is 10.5 Å². The van der Waals surface area contributed by atoms with Crippen LogP contribution in [-0.4, -0.2) is 45.0 Å². The zero-order valence-electron chi connectivity index (χ0n) is 15.3. The first-order valence-electron chi connectivity index (χ1n) is 8.45. The molecule has 0 aliphatic heterocycles. The molecule has 0 atom stereocenters. The zero-order valence-corrected chi connectivity index (χ0v) is 16.0. The van der Waals surface area contributed by atoms with Gasteiger partial charge in [-0.2, -0.15) is 5.10 Å². The molecule has 148 valence electrons. The molecule has 0 fully saturated rings. The number of anilines is 1. The average molecular weight is 414 g/mol. The number of rotatable bonds is 6. The molecule has 9 nitrogen and oxygen atoms in total. The second-order valence-corrected chi connectivity index (χ2v) is 6.52. The van der Waals surface area contributed by atoms with E-state index in [-0.39, 0.29) is 17.9 Å². The number of carbonyl (C=O) groups is 2. The molecule has 3 aromatic rings. The molecule has 0 saturated carbocycles. The van der Waals surface area contributed by atoms with Crippen molar-refractivity contribution in [2.75, 3.05) is 18.9 Å². The van der Waals surface area contributed by atoms with Gasteiger partial charge >= 0.3 is 0 Å². The lowest BCUT2D eigenvalue weighted by Gasteiger charge is -2.16. The number of benzene rings is 2. The minimum absolute atomic E-state index is 0.0403. The molecule has 0 spiro atoms. The van der Waals surface area contributed by atoms with Gasteiger partial charge in [0.15, 0.2) is 5.69 Å². The summed E-state index contributed by atoms with van der Waals surface area (Å²) in [5.41, 5.74) is 1.12. The minimum Gasteiger partial charge on any atom is -0.331 e. The highest BCUT2D eigenvalue weighted by molar-refractivity contribution is 6.33. The number of carbonyl (C=O) groups excluding carboxylic acids is 2. The van der Waals surface area contributed by atoms with Gasteiger partial charge in [0.2, 0.25) is 5.91 Å². The number of nitro benzene ring substituents is 1. The summed E-state index contributed by atoms with van der Waals surface area (Å²) in [5.74, 6) is -0.844. The SMILES string of the molecule is CN(CC(=O)Nc1ccccc1Cl)C(=O)c1ccn(-c2ccc([N+](=O)[O-])cc2)n1. The van der Waals surface area contributed by atoms with E-state index in [1.165, 1.54) is 47.0 Å². The largest absolute Gasteiger partial charge is 0.331 e. The molecule has 10 heteroatoms. The van der Waals surface area contributed by atoms with Crippen LogP contribution < -0.4 is 5.32 Å². The van der Waals surface area contributed by atoms with E-state index in [9.17, 15) is 19.7 Å². The van der Waals surface area contributed by atoms with Gasteiger partial charge in [-0.25, -0.2) is 4.68 Å². The molecule has 2 amide bonds. The van der Waals surface area contributed by atoms with Gasteiger partial charge in [0, 0.05) is 25.4 Å². The highest BCUT2D eigenvalue weighted by Crippen LogP contribution is 2.20. The summed E-state index contributed by atoms with van der Waals surface area (Å²) >= 11 is 6.01. The Balaban J connectivity index is 1.65. The Morgan fingerprint density at radius 1 is 1.17 bits per heavy atom. The zero-order chi connectivity index (χ0) is 21.0. The molecular formula is C19H16ClN5O4. The Bertz CT molecular complexity index is 1060. The number of likely N-dealkylation sites (N-methyl/N-ethyl adjacent to an activating group) is 1. The predicted octanol–water partition coefficient (Wildman–Crippen LogP) is 3.14. The van der Waals surface area contributed by atoms with E-state index in [1.54, 1.807) is 30.5 Å². The molecule has 0 aliphatic carbocycles. The van der Waals surface area contributed by atoms with Crippen molar-refractivity contribution in [2.45, 2.75) is 0 Å². The molecule has 29 heavy (non-hydrogen) atoms.